The van der Waals surface area contributed by atoms with Gasteiger partial charge in [-0.15, -0.1) is 0 Å². The third kappa shape index (κ3) is 2.89. The van der Waals surface area contributed by atoms with Crippen LogP contribution in [0.15, 0.2) is 18.3 Å². The molecular weight excluding hydrogens is 264 g/mol. The normalized spacial score (nSPS) is 28.4. The highest BCUT2D eigenvalue weighted by molar-refractivity contribution is 5.94. The molecule has 4 heteroatoms. The van der Waals surface area contributed by atoms with Crippen LogP contribution in [0.3, 0.4) is 0 Å². The summed E-state index contributed by atoms with van der Waals surface area (Å²) in [6.45, 7) is 4.42. The number of rotatable bonds is 5. The topological polar surface area (TPSA) is 51.2 Å². The lowest BCUT2D eigenvalue weighted by Gasteiger charge is -2.29. The Balaban J connectivity index is 1.71. The van der Waals surface area contributed by atoms with Gasteiger partial charge in [0.25, 0.3) is 0 Å². The molecule has 3 rings (SSSR count). The second-order valence-electron chi connectivity index (χ2n) is 6.39. The minimum absolute atomic E-state index is 0.298. The van der Waals surface area contributed by atoms with Crippen molar-refractivity contribution in [3.63, 3.8) is 0 Å². The first-order valence-corrected chi connectivity index (χ1v) is 8.07. The van der Waals surface area contributed by atoms with Gasteiger partial charge in [-0.1, -0.05) is 6.42 Å². The largest absolute Gasteiger partial charge is 0.462 e. The number of fused-ring (bicyclic) bond motifs is 2. The number of nitrogens with zero attached hydrogens (tertiary/aromatic N) is 1. The van der Waals surface area contributed by atoms with Crippen molar-refractivity contribution in [2.24, 2.45) is 17.8 Å². The number of carbonyl (C=O) groups is 1. The molecule has 1 N–H and O–H groups in total. The third-order valence-electron chi connectivity index (χ3n) is 5.10. The van der Waals surface area contributed by atoms with Gasteiger partial charge in [-0.3, -0.25) is 0 Å². The molecule has 0 saturated heterocycles. The van der Waals surface area contributed by atoms with Gasteiger partial charge in [0, 0.05) is 12.2 Å². The molecule has 2 fully saturated rings. The SMILES string of the molecule is CCOC(=O)c1cccnc1NC(C)C1CC2CCC1C2. The van der Waals surface area contributed by atoms with Crippen LogP contribution in [-0.4, -0.2) is 23.6 Å². The highest BCUT2D eigenvalue weighted by atomic mass is 16.5. The number of carbonyl (C=O) groups excluding carboxylic acids is 1. The van der Waals surface area contributed by atoms with E-state index in [0.29, 0.717) is 29.9 Å². The van der Waals surface area contributed by atoms with E-state index in [4.69, 9.17) is 4.74 Å². The summed E-state index contributed by atoms with van der Waals surface area (Å²) in [4.78, 5) is 16.3. The highest BCUT2D eigenvalue weighted by Gasteiger charge is 2.42. The smallest absolute Gasteiger partial charge is 0.341 e. The van der Waals surface area contributed by atoms with Gasteiger partial charge in [0.2, 0.25) is 0 Å². The molecule has 2 aliphatic carbocycles. The summed E-state index contributed by atoms with van der Waals surface area (Å²) in [6.07, 6.45) is 7.21. The van der Waals surface area contributed by atoms with Crippen LogP contribution in [0.25, 0.3) is 0 Å². The second kappa shape index (κ2) is 6.04. The minimum Gasteiger partial charge on any atom is -0.462 e. The summed E-state index contributed by atoms with van der Waals surface area (Å²) in [7, 11) is 0. The molecule has 1 aromatic heterocycles. The van der Waals surface area contributed by atoms with Gasteiger partial charge in [0.1, 0.15) is 11.4 Å². The second-order valence-corrected chi connectivity index (χ2v) is 6.39. The molecule has 1 aromatic rings. The summed E-state index contributed by atoms with van der Waals surface area (Å²) < 4.78 is 5.11. The van der Waals surface area contributed by atoms with Gasteiger partial charge >= 0.3 is 5.97 Å². The molecule has 0 aliphatic heterocycles. The first-order valence-electron chi connectivity index (χ1n) is 8.07. The van der Waals surface area contributed by atoms with Crippen LogP contribution in [-0.2, 0) is 4.74 Å². The van der Waals surface area contributed by atoms with E-state index in [2.05, 4.69) is 17.2 Å². The Labute approximate surface area is 126 Å². The molecule has 4 atom stereocenters. The standard InChI is InChI=1S/C17H24N2O2/c1-3-21-17(20)14-5-4-8-18-16(14)19-11(2)15-10-12-6-7-13(15)9-12/h4-5,8,11-13,15H,3,6-7,9-10H2,1-2H3,(H,18,19). The molecule has 0 amide bonds. The van der Waals surface area contributed by atoms with E-state index >= 15 is 0 Å². The molecular formula is C17H24N2O2. The van der Waals surface area contributed by atoms with Crippen molar-refractivity contribution in [1.29, 1.82) is 0 Å². The van der Waals surface area contributed by atoms with E-state index in [0.717, 1.165) is 11.8 Å². The average Bonchev–Trinajstić information content (AvgIpc) is 3.10. The van der Waals surface area contributed by atoms with Crippen LogP contribution in [0.1, 0.15) is 49.9 Å². The first-order chi connectivity index (χ1) is 10.2. The fourth-order valence-electron chi connectivity index (χ4n) is 4.12. The van der Waals surface area contributed by atoms with Gasteiger partial charge in [0.15, 0.2) is 0 Å². The Hall–Kier alpha value is -1.58. The van der Waals surface area contributed by atoms with Gasteiger partial charge < -0.3 is 10.1 Å². The van der Waals surface area contributed by atoms with Crippen LogP contribution < -0.4 is 5.32 Å². The van der Waals surface area contributed by atoms with Crippen molar-refractivity contribution in [2.75, 3.05) is 11.9 Å². The van der Waals surface area contributed by atoms with Crippen molar-refractivity contribution >= 4 is 11.8 Å². The lowest BCUT2D eigenvalue weighted by molar-refractivity contribution is 0.0527. The molecule has 2 aliphatic rings. The van der Waals surface area contributed by atoms with Gasteiger partial charge in [-0.2, -0.15) is 0 Å². The first kappa shape index (κ1) is 14.4. The Morgan fingerprint density at radius 3 is 3.00 bits per heavy atom. The van der Waals surface area contributed by atoms with Crippen LogP contribution in [0.4, 0.5) is 5.82 Å². The summed E-state index contributed by atoms with van der Waals surface area (Å²) in [6, 6.07) is 3.91. The van der Waals surface area contributed by atoms with Crippen LogP contribution >= 0.6 is 0 Å². The zero-order valence-electron chi connectivity index (χ0n) is 12.8. The highest BCUT2D eigenvalue weighted by Crippen LogP contribution is 2.49. The van der Waals surface area contributed by atoms with Crippen molar-refractivity contribution in [2.45, 2.75) is 45.6 Å². The predicted molar refractivity (Wildman–Crippen MR) is 82.2 cm³/mol. The number of ether oxygens (including phenoxy) is 1. The summed E-state index contributed by atoms with van der Waals surface area (Å²) in [5.41, 5.74) is 0.536. The zero-order valence-corrected chi connectivity index (χ0v) is 12.8. The molecule has 0 aromatic carbocycles. The number of aromatic nitrogens is 1. The molecule has 2 bridgehead atoms. The quantitative estimate of drug-likeness (QED) is 0.843. The van der Waals surface area contributed by atoms with Crippen LogP contribution in [0, 0.1) is 17.8 Å². The maximum Gasteiger partial charge on any atom is 0.341 e. The molecule has 4 nitrogen and oxygen atoms in total. The van der Waals surface area contributed by atoms with Gasteiger partial charge in [-0.25, -0.2) is 9.78 Å². The summed E-state index contributed by atoms with van der Waals surface area (Å²) in [5, 5.41) is 3.46. The molecule has 1 heterocycles. The molecule has 4 unspecified atom stereocenters. The molecule has 2 saturated carbocycles. The van der Waals surface area contributed by atoms with E-state index in [9.17, 15) is 4.79 Å². The van der Waals surface area contributed by atoms with Gasteiger partial charge in [-0.05, 0) is 63.0 Å². The fourth-order valence-corrected chi connectivity index (χ4v) is 4.12. The molecule has 114 valence electrons. The Morgan fingerprint density at radius 2 is 2.33 bits per heavy atom. The molecule has 0 radical (unpaired) electrons. The van der Waals surface area contributed by atoms with Crippen molar-refractivity contribution in [3.05, 3.63) is 23.9 Å². The monoisotopic (exact) mass is 288 g/mol. The maximum absolute atomic E-state index is 12.0. The lowest BCUT2D eigenvalue weighted by Crippen LogP contribution is -2.31. The number of anilines is 1. The average molecular weight is 288 g/mol. The number of hydrogen-bond acceptors (Lipinski definition) is 4. The predicted octanol–water partition coefficient (Wildman–Crippen LogP) is 3.49. The van der Waals surface area contributed by atoms with Crippen molar-refractivity contribution in [1.82, 2.24) is 4.98 Å². The minimum atomic E-state index is -0.298. The van der Waals surface area contributed by atoms with Crippen molar-refractivity contribution < 1.29 is 9.53 Å². The number of hydrogen-bond donors (Lipinski definition) is 1. The lowest BCUT2D eigenvalue weighted by atomic mass is 9.84. The third-order valence-corrected chi connectivity index (χ3v) is 5.10. The van der Waals surface area contributed by atoms with E-state index in [1.807, 2.05) is 6.92 Å². The Morgan fingerprint density at radius 1 is 1.48 bits per heavy atom. The van der Waals surface area contributed by atoms with Crippen LogP contribution in [0.2, 0.25) is 0 Å². The fraction of sp³-hybridized carbons (Fsp3) is 0.647. The van der Waals surface area contributed by atoms with Gasteiger partial charge in [0.05, 0.1) is 6.61 Å². The Kier molecular flexibility index (Phi) is 4.13. The molecule has 0 spiro atoms. The van der Waals surface area contributed by atoms with E-state index < -0.39 is 0 Å². The number of nitrogens with one attached hydrogen (secondary N) is 1. The maximum atomic E-state index is 12.0. The summed E-state index contributed by atoms with van der Waals surface area (Å²) in [5.74, 6) is 2.85. The van der Waals surface area contributed by atoms with Crippen molar-refractivity contribution in [3.8, 4) is 0 Å². The summed E-state index contributed by atoms with van der Waals surface area (Å²) >= 11 is 0. The molecule has 21 heavy (non-hydrogen) atoms. The van der Waals surface area contributed by atoms with E-state index in [1.165, 1.54) is 25.7 Å². The Bertz CT molecular complexity index is 517. The number of pyridine rings is 1. The van der Waals surface area contributed by atoms with E-state index in [-0.39, 0.29) is 5.97 Å². The zero-order chi connectivity index (χ0) is 14.8. The van der Waals surface area contributed by atoms with Crippen LogP contribution in [0.5, 0.6) is 0 Å². The van der Waals surface area contributed by atoms with E-state index in [1.54, 1.807) is 18.3 Å². The number of esters is 1.